The highest BCUT2D eigenvalue weighted by Crippen LogP contribution is 2.66. The van der Waals surface area contributed by atoms with E-state index in [2.05, 4.69) is 20.9 Å². The molecule has 4 atom stereocenters. The van der Waals surface area contributed by atoms with Gasteiger partial charge in [-0.3, -0.25) is 24.0 Å². The van der Waals surface area contributed by atoms with Crippen LogP contribution in [0.3, 0.4) is 0 Å². The number of alkyl halides is 2. The minimum atomic E-state index is -3.06. The lowest BCUT2D eigenvalue weighted by Crippen LogP contribution is -2.54. The van der Waals surface area contributed by atoms with Crippen molar-refractivity contribution in [2.24, 2.45) is 11.3 Å². The Labute approximate surface area is 263 Å². The van der Waals surface area contributed by atoms with Gasteiger partial charge in [0.15, 0.2) is 0 Å². The minimum absolute atomic E-state index is 0.0633. The van der Waals surface area contributed by atoms with E-state index in [0.29, 0.717) is 36.0 Å². The van der Waals surface area contributed by atoms with Gasteiger partial charge in [0, 0.05) is 42.9 Å². The van der Waals surface area contributed by atoms with E-state index in [1.54, 1.807) is 48.5 Å². The number of nitrogens with one attached hydrogen (secondary N) is 4. The number of halogens is 2. The maximum Gasteiger partial charge on any atom is 0.289 e. The Hall–Kier alpha value is -4.81. The van der Waals surface area contributed by atoms with E-state index in [1.165, 1.54) is 7.11 Å². The molecule has 0 radical (unpaired) electrons. The quantitative estimate of drug-likeness (QED) is 0.252. The molecule has 1 spiro atoms. The molecule has 2 aromatic carbocycles. The van der Waals surface area contributed by atoms with Crippen LogP contribution in [0.5, 0.6) is 5.75 Å². The highest BCUT2D eigenvalue weighted by atomic mass is 19.3. The van der Waals surface area contributed by atoms with Crippen molar-refractivity contribution in [2.45, 2.75) is 56.7 Å². The fourth-order valence-electron chi connectivity index (χ4n) is 6.65. The maximum atomic E-state index is 14.7. The van der Waals surface area contributed by atoms with E-state index in [0.717, 1.165) is 10.5 Å². The van der Waals surface area contributed by atoms with E-state index in [9.17, 15) is 32.8 Å². The van der Waals surface area contributed by atoms with Crippen molar-refractivity contribution in [2.75, 3.05) is 20.2 Å². The summed E-state index contributed by atoms with van der Waals surface area (Å²) in [5.74, 6) is -6.92. The predicted molar refractivity (Wildman–Crippen MR) is 162 cm³/mol. The second-order valence-electron chi connectivity index (χ2n) is 12.4. The zero-order valence-corrected chi connectivity index (χ0v) is 25.2. The van der Waals surface area contributed by atoms with Gasteiger partial charge in [0.05, 0.1) is 18.6 Å². The van der Waals surface area contributed by atoms with Gasteiger partial charge in [-0.1, -0.05) is 36.4 Å². The van der Waals surface area contributed by atoms with Crippen molar-refractivity contribution in [3.63, 3.8) is 0 Å². The van der Waals surface area contributed by atoms with Crippen LogP contribution in [0.2, 0.25) is 0 Å². The van der Waals surface area contributed by atoms with Gasteiger partial charge < -0.3 is 30.6 Å². The molecule has 3 heterocycles. The van der Waals surface area contributed by atoms with Gasteiger partial charge in [0.1, 0.15) is 17.5 Å². The van der Waals surface area contributed by atoms with E-state index in [4.69, 9.17) is 4.74 Å². The van der Waals surface area contributed by atoms with Crippen LogP contribution in [0, 0.1) is 11.3 Å². The van der Waals surface area contributed by atoms with E-state index < -0.39 is 59.3 Å². The molecule has 1 saturated carbocycles. The van der Waals surface area contributed by atoms with Gasteiger partial charge in [-0.15, -0.1) is 0 Å². The summed E-state index contributed by atoms with van der Waals surface area (Å²) in [5.41, 5.74) is -0.136. The van der Waals surface area contributed by atoms with Gasteiger partial charge in [-0.25, -0.2) is 8.78 Å². The van der Waals surface area contributed by atoms with Gasteiger partial charge in [-0.05, 0) is 49.4 Å². The van der Waals surface area contributed by atoms with Crippen molar-refractivity contribution < 1.29 is 37.5 Å². The molecule has 11 nitrogen and oxygen atoms in total. The molecule has 13 heteroatoms. The number of H-pyrrole nitrogens is 1. The summed E-state index contributed by atoms with van der Waals surface area (Å²) in [6.45, 7) is 0.186. The van der Waals surface area contributed by atoms with Crippen LogP contribution in [0.15, 0.2) is 54.6 Å². The number of ether oxygens (including phenoxy) is 1. The summed E-state index contributed by atoms with van der Waals surface area (Å²) >= 11 is 0. The monoisotopic (exact) mass is 635 g/mol. The Bertz CT molecular complexity index is 1690. The Morgan fingerprint density at radius 2 is 1.87 bits per heavy atom. The van der Waals surface area contributed by atoms with E-state index in [1.807, 2.05) is 6.07 Å². The zero-order chi connectivity index (χ0) is 32.6. The summed E-state index contributed by atoms with van der Waals surface area (Å²) in [6.07, 6.45) is 0.166. The zero-order valence-electron chi connectivity index (χ0n) is 25.2. The number of ketones is 1. The molecule has 2 aliphatic heterocycles. The van der Waals surface area contributed by atoms with E-state index >= 15 is 0 Å². The molecule has 2 unspecified atom stereocenters. The number of Topliss-reactive ketones (excluding diaryl/α,β-unsaturated/α-hetero) is 1. The molecule has 4 N–H and O–H groups in total. The average molecular weight is 636 g/mol. The molecule has 6 rings (SSSR count). The number of hydrogen-bond acceptors (Lipinski definition) is 6. The Morgan fingerprint density at radius 1 is 1.11 bits per heavy atom. The van der Waals surface area contributed by atoms with Gasteiger partial charge >= 0.3 is 0 Å². The molecular formula is C33H35F2N5O6. The number of nitrogens with zero attached hydrogens (tertiary/aromatic N) is 1. The van der Waals surface area contributed by atoms with Crippen molar-refractivity contribution >= 4 is 40.3 Å². The third kappa shape index (κ3) is 5.93. The Kier molecular flexibility index (Phi) is 8.26. The second kappa shape index (κ2) is 12.2. The molecule has 242 valence electrons. The SMILES string of the molecule is COc1cccc2[nH]c(C(=O)N3C[C@]4(C[C@H]3C(=O)NC(CC3CCCNC3=O)C(=O)C(=O)NCc3ccccc3)CC4(F)F)cc12. The molecule has 4 amide bonds. The lowest BCUT2D eigenvalue weighted by atomic mass is 9.89. The summed E-state index contributed by atoms with van der Waals surface area (Å²) in [4.78, 5) is 70.8. The number of carbonyl (C=O) groups is 5. The minimum Gasteiger partial charge on any atom is -0.496 e. The van der Waals surface area contributed by atoms with Crippen molar-refractivity contribution in [3.8, 4) is 5.75 Å². The number of hydrogen-bond donors (Lipinski definition) is 4. The molecule has 3 fully saturated rings. The van der Waals surface area contributed by atoms with Crippen LogP contribution in [-0.2, 0) is 25.7 Å². The number of piperidine rings is 1. The summed E-state index contributed by atoms with van der Waals surface area (Å²) in [5, 5.41) is 8.48. The van der Waals surface area contributed by atoms with Crippen LogP contribution < -0.4 is 20.7 Å². The highest BCUT2D eigenvalue weighted by molar-refractivity contribution is 6.38. The molecule has 0 bridgehead atoms. The first kappa shape index (κ1) is 31.2. The van der Waals surface area contributed by atoms with Crippen LogP contribution >= 0.6 is 0 Å². The summed E-state index contributed by atoms with van der Waals surface area (Å²) in [6, 6.07) is 12.9. The number of aromatic amines is 1. The average Bonchev–Trinajstić information content (AvgIpc) is 3.38. The van der Waals surface area contributed by atoms with Crippen LogP contribution in [0.1, 0.15) is 48.2 Å². The van der Waals surface area contributed by atoms with Crippen molar-refractivity contribution in [1.29, 1.82) is 0 Å². The standard InChI is InChI=1S/C33H35F2N5O6/c1-46-26-11-5-10-22-21(26)14-24(38-22)31(45)40-18-32(17-33(32,34)35)15-25(40)29(43)39-23(13-20-9-6-12-36-28(20)42)27(41)30(44)37-16-19-7-3-2-4-8-19/h2-5,7-8,10-11,14,20,23,25,38H,6,9,12-13,15-18H2,1H3,(H,36,42)(H,37,44)(H,39,43)/t20?,23?,25-,32-/m0/s1. The maximum absolute atomic E-state index is 14.7. The first-order chi connectivity index (χ1) is 22.0. The second-order valence-corrected chi connectivity index (χ2v) is 12.4. The smallest absolute Gasteiger partial charge is 0.289 e. The summed E-state index contributed by atoms with van der Waals surface area (Å²) < 4.78 is 34.7. The van der Waals surface area contributed by atoms with Gasteiger partial charge in [-0.2, -0.15) is 0 Å². The molecular weight excluding hydrogens is 600 g/mol. The fraction of sp³-hybridized carbons (Fsp3) is 0.424. The first-order valence-electron chi connectivity index (χ1n) is 15.3. The van der Waals surface area contributed by atoms with Crippen molar-refractivity contribution in [1.82, 2.24) is 25.8 Å². The third-order valence-corrected chi connectivity index (χ3v) is 9.35. The molecule has 3 aliphatic rings. The number of methoxy groups -OCH3 is 1. The largest absolute Gasteiger partial charge is 0.496 e. The van der Waals surface area contributed by atoms with Crippen LogP contribution in [0.25, 0.3) is 10.9 Å². The normalized spacial score (nSPS) is 23.9. The topological polar surface area (TPSA) is 150 Å². The number of benzene rings is 2. The number of carbonyl (C=O) groups excluding carboxylic acids is 5. The Morgan fingerprint density at radius 3 is 2.57 bits per heavy atom. The molecule has 1 aliphatic carbocycles. The number of amides is 4. The summed E-state index contributed by atoms with van der Waals surface area (Å²) in [7, 11) is 1.49. The molecule has 2 saturated heterocycles. The van der Waals surface area contributed by atoms with Crippen LogP contribution in [-0.4, -0.2) is 77.5 Å². The fourth-order valence-corrected chi connectivity index (χ4v) is 6.65. The highest BCUT2D eigenvalue weighted by Gasteiger charge is 2.75. The van der Waals surface area contributed by atoms with Gasteiger partial charge in [0.2, 0.25) is 17.6 Å². The number of aromatic nitrogens is 1. The Balaban J connectivity index is 1.24. The molecule has 3 aromatic rings. The van der Waals surface area contributed by atoms with Gasteiger partial charge in [0.25, 0.3) is 17.7 Å². The lowest BCUT2D eigenvalue weighted by molar-refractivity contribution is -0.141. The van der Waals surface area contributed by atoms with E-state index in [-0.39, 0.29) is 37.5 Å². The van der Waals surface area contributed by atoms with Crippen molar-refractivity contribution in [3.05, 3.63) is 65.9 Å². The molecule has 46 heavy (non-hydrogen) atoms. The molecule has 1 aromatic heterocycles. The number of rotatable bonds is 10. The lowest BCUT2D eigenvalue weighted by Gasteiger charge is -2.28. The predicted octanol–water partition coefficient (Wildman–Crippen LogP) is 2.70. The van der Waals surface area contributed by atoms with Crippen LogP contribution in [0.4, 0.5) is 8.78 Å². The number of likely N-dealkylation sites (tertiary alicyclic amines) is 1. The first-order valence-corrected chi connectivity index (χ1v) is 15.3. The third-order valence-electron chi connectivity index (χ3n) is 9.35. The number of fused-ring (bicyclic) bond motifs is 1.